The summed E-state index contributed by atoms with van der Waals surface area (Å²) in [5.41, 5.74) is 6.44. The Labute approximate surface area is 90.8 Å². The Morgan fingerprint density at radius 2 is 2.07 bits per heavy atom. The van der Waals surface area contributed by atoms with Crippen molar-refractivity contribution in [3.05, 3.63) is 12.1 Å². The molecular weight excluding hydrogens is 190 g/mol. The van der Waals surface area contributed by atoms with Gasteiger partial charge < -0.3 is 15.8 Å². The first-order valence-electron chi connectivity index (χ1n) is 4.97. The molecule has 0 amide bonds. The highest BCUT2D eigenvalue weighted by Gasteiger charge is 2.10. The first-order chi connectivity index (χ1) is 6.92. The van der Waals surface area contributed by atoms with E-state index < -0.39 is 0 Å². The minimum atomic E-state index is 0.219. The molecule has 0 bridgehead atoms. The number of nitrogens with one attached hydrogen (secondary N) is 1. The lowest BCUT2D eigenvalue weighted by molar-refractivity contribution is 0.400. The lowest BCUT2D eigenvalue weighted by Crippen LogP contribution is -2.19. The van der Waals surface area contributed by atoms with Gasteiger partial charge in [0, 0.05) is 6.54 Å². The predicted molar refractivity (Wildman–Crippen MR) is 63.1 cm³/mol. The monoisotopic (exact) mass is 209 g/mol. The molecule has 0 unspecified atom stereocenters. The highest BCUT2D eigenvalue weighted by molar-refractivity contribution is 5.53. The number of pyridine rings is 1. The van der Waals surface area contributed by atoms with Crippen molar-refractivity contribution in [3.8, 4) is 5.88 Å². The van der Waals surface area contributed by atoms with E-state index in [0.29, 0.717) is 11.6 Å². The Kier molecular flexibility index (Phi) is 3.39. The van der Waals surface area contributed by atoms with Gasteiger partial charge in [-0.2, -0.15) is 4.98 Å². The molecular formula is C11H19N3O. The van der Waals surface area contributed by atoms with Crippen molar-refractivity contribution in [1.82, 2.24) is 4.98 Å². The summed E-state index contributed by atoms with van der Waals surface area (Å²) in [6, 6.07) is 3.64. The Balaban J connectivity index is 2.70. The van der Waals surface area contributed by atoms with Gasteiger partial charge in [0.25, 0.3) is 0 Å². The van der Waals surface area contributed by atoms with E-state index in [1.807, 2.05) is 6.07 Å². The molecule has 0 atom stereocenters. The Morgan fingerprint density at radius 1 is 1.40 bits per heavy atom. The summed E-state index contributed by atoms with van der Waals surface area (Å²) in [5.74, 6) is 1.25. The van der Waals surface area contributed by atoms with E-state index in [1.54, 1.807) is 13.2 Å². The van der Waals surface area contributed by atoms with Gasteiger partial charge in [0.2, 0.25) is 5.88 Å². The van der Waals surface area contributed by atoms with Crippen LogP contribution < -0.4 is 15.8 Å². The van der Waals surface area contributed by atoms with Gasteiger partial charge in [-0.15, -0.1) is 0 Å². The summed E-state index contributed by atoms with van der Waals surface area (Å²) in [6.07, 6.45) is 0. The maximum atomic E-state index is 5.67. The molecule has 1 rings (SSSR count). The third kappa shape index (κ3) is 3.65. The van der Waals surface area contributed by atoms with E-state index in [0.717, 1.165) is 12.4 Å². The highest BCUT2D eigenvalue weighted by atomic mass is 16.5. The molecule has 0 aliphatic rings. The van der Waals surface area contributed by atoms with Crippen molar-refractivity contribution in [1.29, 1.82) is 0 Å². The number of nitrogen functional groups attached to an aromatic ring is 1. The molecule has 0 spiro atoms. The second kappa shape index (κ2) is 4.38. The Morgan fingerprint density at radius 3 is 2.60 bits per heavy atom. The van der Waals surface area contributed by atoms with E-state index in [-0.39, 0.29) is 5.41 Å². The number of ether oxygens (including phenoxy) is 1. The fourth-order valence-corrected chi connectivity index (χ4v) is 1.07. The van der Waals surface area contributed by atoms with Crippen molar-refractivity contribution >= 4 is 11.5 Å². The maximum Gasteiger partial charge on any atom is 0.238 e. The summed E-state index contributed by atoms with van der Waals surface area (Å²) >= 11 is 0. The van der Waals surface area contributed by atoms with Crippen LogP contribution in [0.1, 0.15) is 20.8 Å². The molecule has 84 valence electrons. The van der Waals surface area contributed by atoms with Crippen molar-refractivity contribution in [2.24, 2.45) is 5.41 Å². The number of hydrogen-bond acceptors (Lipinski definition) is 4. The van der Waals surface area contributed by atoms with E-state index in [9.17, 15) is 0 Å². The molecule has 0 radical (unpaired) electrons. The SMILES string of the molecule is COc1nc(NCC(C)(C)C)ccc1N. The van der Waals surface area contributed by atoms with Crippen LogP contribution in [0.3, 0.4) is 0 Å². The van der Waals surface area contributed by atoms with Crippen molar-refractivity contribution in [2.45, 2.75) is 20.8 Å². The minimum absolute atomic E-state index is 0.219. The summed E-state index contributed by atoms with van der Waals surface area (Å²) < 4.78 is 5.04. The summed E-state index contributed by atoms with van der Waals surface area (Å²) in [6.45, 7) is 7.34. The van der Waals surface area contributed by atoms with Crippen LogP contribution in [0.2, 0.25) is 0 Å². The standard InChI is InChI=1S/C11H19N3O/c1-11(2,3)7-13-9-6-5-8(12)10(14-9)15-4/h5-6H,7,12H2,1-4H3,(H,13,14). The van der Waals surface area contributed by atoms with Gasteiger partial charge >= 0.3 is 0 Å². The quantitative estimate of drug-likeness (QED) is 0.800. The van der Waals surface area contributed by atoms with Crippen LogP contribution in [0.25, 0.3) is 0 Å². The second-order valence-corrected chi connectivity index (χ2v) is 4.71. The molecule has 1 heterocycles. The molecule has 0 aromatic carbocycles. The van der Waals surface area contributed by atoms with Crippen LogP contribution in [-0.4, -0.2) is 18.6 Å². The third-order valence-corrected chi connectivity index (χ3v) is 1.88. The predicted octanol–water partition coefficient (Wildman–Crippen LogP) is 2.13. The van der Waals surface area contributed by atoms with Crippen LogP contribution in [0.4, 0.5) is 11.5 Å². The molecule has 0 aliphatic heterocycles. The molecule has 3 N–H and O–H groups in total. The fraction of sp³-hybridized carbons (Fsp3) is 0.545. The number of nitrogens with zero attached hydrogens (tertiary/aromatic N) is 1. The van der Waals surface area contributed by atoms with Crippen LogP contribution in [-0.2, 0) is 0 Å². The van der Waals surface area contributed by atoms with Gasteiger partial charge in [-0.1, -0.05) is 20.8 Å². The zero-order chi connectivity index (χ0) is 11.5. The number of anilines is 2. The summed E-state index contributed by atoms with van der Waals surface area (Å²) in [5, 5.41) is 3.24. The van der Waals surface area contributed by atoms with Crippen molar-refractivity contribution < 1.29 is 4.74 Å². The molecule has 15 heavy (non-hydrogen) atoms. The average molecular weight is 209 g/mol. The number of rotatable bonds is 3. The fourth-order valence-electron chi connectivity index (χ4n) is 1.07. The zero-order valence-electron chi connectivity index (χ0n) is 9.79. The van der Waals surface area contributed by atoms with Crippen LogP contribution in [0.15, 0.2) is 12.1 Å². The van der Waals surface area contributed by atoms with Gasteiger partial charge in [0.05, 0.1) is 12.8 Å². The van der Waals surface area contributed by atoms with Crippen LogP contribution in [0, 0.1) is 5.41 Å². The van der Waals surface area contributed by atoms with Gasteiger partial charge in [-0.3, -0.25) is 0 Å². The maximum absolute atomic E-state index is 5.67. The largest absolute Gasteiger partial charge is 0.479 e. The number of hydrogen-bond donors (Lipinski definition) is 2. The highest BCUT2D eigenvalue weighted by Crippen LogP contribution is 2.21. The molecule has 0 fully saturated rings. The average Bonchev–Trinajstić information content (AvgIpc) is 2.15. The second-order valence-electron chi connectivity index (χ2n) is 4.71. The van der Waals surface area contributed by atoms with Gasteiger partial charge in [0.1, 0.15) is 5.82 Å². The number of aromatic nitrogens is 1. The van der Waals surface area contributed by atoms with Gasteiger partial charge in [0.15, 0.2) is 0 Å². The van der Waals surface area contributed by atoms with Gasteiger partial charge in [-0.05, 0) is 17.5 Å². The molecule has 1 aromatic rings. The normalized spacial score (nSPS) is 11.2. The van der Waals surface area contributed by atoms with Crippen molar-refractivity contribution in [3.63, 3.8) is 0 Å². The first kappa shape index (κ1) is 11.6. The van der Waals surface area contributed by atoms with E-state index in [4.69, 9.17) is 10.5 Å². The molecule has 0 saturated carbocycles. The lowest BCUT2D eigenvalue weighted by Gasteiger charge is -2.19. The number of methoxy groups -OCH3 is 1. The smallest absolute Gasteiger partial charge is 0.238 e. The zero-order valence-corrected chi connectivity index (χ0v) is 9.79. The van der Waals surface area contributed by atoms with E-state index in [1.165, 1.54) is 0 Å². The van der Waals surface area contributed by atoms with E-state index in [2.05, 4.69) is 31.1 Å². The lowest BCUT2D eigenvalue weighted by atomic mass is 9.97. The van der Waals surface area contributed by atoms with Crippen molar-refractivity contribution in [2.75, 3.05) is 24.7 Å². The minimum Gasteiger partial charge on any atom is -0.479 e. The van der Waals surface area contributed by atoms with Gasteiger partial charge in [-0.25, -0.2) is 0 Å². The topological polar surface area (TPSA) is 60.2 Å². The third-order valence-electron chi connectivity index (χ3n) is 1.88. The molecule has 1 aromatic heterocycles. The van der Waals surface area contributed by atoms with Crippen LogP contribution >= 0.6 is 0 Å². The van der Waals surface area contributed by atoms with Crippen LogP contribution in [0.5, 0.6) is 5.88 Å². The first-order valence-corrected chi connectivity index (χ1v) is 4.97. The molecule has 4 nitrogen and oxygen atoms in total. The summed E-state index contributed by atoms with van der Waals surface area (Å²) in [4.78, 5) is 4.24. The summed E-state index contributed by atoms with van der Waals surface area (Å²) in [7, 11) is 1.56. The Bertz CT molecular complexity index is 331. The molecule has 0 aliphatic carbocycles. The Hall–Kier alpha value is -1.45. The molecule has 4 heteroatoms. The number of nitrogens with two attached hydrogens (primary N) is 1. The molecule has 0 saturated heterocycles. The van der Waals surface area contributed by atoms with E-state index >= 15 is 0 Å².